The lowest BCUT2D eigenvalue weighted by Gasteiger charge is -2.13. The van der Waals surface area contributed by atoms with Gasteiger partial charge in [-0.05, 0) is 30.2 Å². The first-order chi connectivity index (χ1) is 8.06. The number of aryl methyl sites for hydroxylation is 2. The van der Waals surface area contributed by atoms with Crippen molar-refractivity contribution in [1.29, 1.82) is 0 Å². The Kier molecular flexibility index (Phi) is 3.19. The number of hydrogen-bond donors (Lipinski definition) is 1. The highest BCUT2D eigenvalue weighted by atomic mass is 19.1. The van der Waals surface area contributed by atoms with Crippen molar-refractivity contribution in [1.82, 2.24) is 15.0 Å². The zero-order valence-electron chi connectivity index (χ0n) is 9.89. The molecule has 1 aromatic carbocycles. The molecule has 1 aromatic heterocycles. The first kappa shape index (κ1) is 11.7. The van der Waals surface area contributed by atoms with Gasteiger partial charge in [0.05, 0.1) is 5.69 Å². The Morgan fingerprint density at radius 1 is 1.47 bits per heavy atom. The van der Waals surface area contributed by atoms with Crippen LogP contribution in [0.2, 0.25) is 0 Å². The van der Waals surface area contributed by atoms with Gasteiger partial charge in [0.2, 0.25) is 0 Å². The van der Waals surface area contributed by atoms with E-state index in [0.717, 1.165) is 16.8 Å². The second-order valence-corrected chi connectivity index (χ2v) is 4.20. The molecule has 0 saturated heterocycles. The van der Waals surface area contributed by atoms with E-state index in [-0.39, 0.29) is 11.9 Å². The second-order valence-electron chi connectivity index (χ2n) is 4.20. The predicted molar refractivity (Wildman–Crippen MR) is 62.8 cm³/mol. The summed E-state index contributed by atoms with van der Waals surface area (Å²) in [6.45, 7) is 1.86. The second kappa shape index (κ2) is 4.63. The quantitative estimate of drug-likeness (QED) is 0.875. The molecule has 2 rings (SSSR count). The fourth-order valence-electron chi connectivity index (χ4n) is 1.88. The Labute approximate surface area is 99.2 Å². The average Bonchev–Trinajstić information content (AvgIpc) is 2.63. The largest absolute Gasteiger partial charge is 0.324 e. The number of halogens is 1. The summed E-state index contributed by atoms with van der Waals surface area (Å²) >= 11 is 0. The lowest BCUT2D eigenvalue weighted by molar-refractivity contribution is 0.621. The molecule has 0 fully saturated rings. The summed E-state index contributed by atoms with van der Waals surface area (Å²) in [5, 5.41) is 7.84. The Morgan fingerprint density at radius 3 is 2.82 bits per heavy atom. The normalized spacial score (nSPS) is 12.7. The number of nitrogens with two attached hydrogens (primary N) is 1. The van der Waals surface area contributed by atoms with Crippen LogP contribution in [-0.4, -0.2) is 15.0 Å². The van der Waals surface area contributed by atoms with Crippen LogP contribution in [0, 0.1) is 12.7 Å². The van der Waals surface area contributed by atoms with Gasteiger partial charge in [0.1, 0.15) is 5.82 Å². The standard InChI is InChI=1S/C12H15FN4/c1-8-5-9(13)3-4-11(8)12(14)6-10-7-17(2)16-15-10/h3-5,7,12H,6,14H2,1-2H3. The number of hydrogen-bond acceptors (Lipinski definition) is 3. The fraction of sp³-hybridized carbons (Fsp3) is 0.333. The van der Waals surface area contributed by atoms with Gasteiger partial charge in [-0.3, -0.25) is 4.68 Å². The maximum atomic E-state index is 13.0. The van der Waals surface area contributed by atoms with Gasteiger partial charge in [-0.25, -0.2) is 4.39 Å². The molecule has 4 nitrogen and oxygen atoms in total. The highest BCUT2D eigenvalue weighted by Crippen LogP contribution is 2.19. The van der Waals surface area contributed by atoms with Gasteiger partial charge in [0.15, 0.2) is 0 Å². The van der Waals surface area contributed by atoms with Crippen molar-refractivity contribution in [2.24, 2.45) is 12.8 Å². The van der Waals surface area contributed by atoms with Gasteiger partial charge < -0.3 is 5.73 Å². The first-order valence-electron chi connectivity index (χ1n) is 5.43. The summed E-state index contributed by atoms with van der Waals surface area (Å²) in [6, 6.07) is 4.46. The van der Waals surface area contributed by atoms with Crippen LogP contribution in [0.3, 0.4) is 0 Å². The van der Waals surface area contributed by atoms with Crippen LogP contribution in [0.25, 0.3) is 0 Å². The minimum absolute atomic E-state index is 0.188. The average molecular weight is 234 g/mol. The van der Waals surface area contributed by atoms with E-state index in [1.54, 1.807) is 10.7 Å². The summed E-state index contributed by atoms with van der Waals surface area (Å²) in [6.07, 6.45) is 2.43. The number of aromatic nitrogens is 3. The van der Waals surface area contributed by atoms with Crippen molar-refractivity contribution in [3.05, 3.63) is 47.0 Å². The topological polar surface area (TPSA) is 56.7 Å². The molecule has 2 aromatic rings. The Morgan fingerprint density at radius 2 is 2.24 bits per heavy atom. The van der Waals surface area contributed by atoms with Crippen LogP contribution in [0.4, 0.5) is 4.39 Å². The predicted octanol–water partition coefficient (Wildman–Crippen LogP) is 1.51. The van der Waals surface area contributed by atoms with E-state index >= 15 is 0 Å². The van der Waals surface area contributed by atoms with E-state index in [9.17, 15) is 4.39 Å². The van der Waals surface area contributed by atoms with Crippen LogP contribution < -0.4 is 5.73 Å². The summed E-state index contributed by atoms with van der Waals surface area (Å²) < 4.78 is 14.6. The summed E-state index contributed by atoms with van der Waals surface area (Å²) in [5.74, 6) is -0.238. The molecule has 1 unspecified atom stereocenters. The molecule has 0 aliphatic rings. The number of rotatable bonds is 3. The monoisotopic (exact) mass is 234 g/mol. The van der Waals surface area contributed by atoms with Crippen molar-refractivity contribution >= 4 is 0 Å². The molecular formula is C12H15FN4. The van der Waals surface area contributed by atoms with Crippen LogP contribution in [-0.2, 0) is 13.5 Å². The third-order valence-corrected chi connectivity index (χ3v) is 2.71. The molecule has 0 radical (unpaired) electrons. The Hall–Kier alpha value is -1.75. The summed E-state index contributed by atoms with van der Waals surface area (Å²) in [7, 11) is 1.81. The van der Waals surface area contributed by atoms with E-state index in [1.165, 1.54) is 12.1 Å². The molecule has 90 valence electrons. The molecule has 5 heteroatoms. The molecule has 0 amide bonds. The van der Waals surface area contributed by atoms with Gasteiger partial charge in [-0.15, -0.1) is 5.10 Å². The van der Waals surface area contributed by atoms with Crippen molar-refractivity contribution < 1.29 is 4.39 Å². The zero-order valence-corrected chi connectivity index (χ0v) is 9.89. The number of nitrogens with zero attached hydrogens (tertiary/aromatic N) is 3. The molecule has 0 saturated carbocycles. The van der Waals surface area contributed by atoms with Crippen LogP contribution in [0.1, 0.15) is 22.9 Å². The van der Waals surface area contributed by atoms with Gasteiger partial charge >= 0.3 is 0 Å². The molecule has 0 aliphatic carbocycles. The lowest BCUT2D eigenvalue weighted by Crippen LogP contribution is -2.15. The highest BCUT2D eigenvalue weighted by molar-refractivity contribution is 5.30. The van der Waals surface area contributed by atoms with Crippen molar-refractivity contribution in [3.63, 3.8) is 0 Å². The van der Waals surface area contributed by atoms with Gasteiger partial charge in [-0.1, -0.05) is 11.3 Å². The van der Waals surface area contributed by atoms with Gasteiger partial charge in [0, 0.05) is 25.7 Å². The zero-order chi connectivity index (χ0) is 12.4. The van der Waals surface area contributed by atoms with E-state index in [4.69, 9.17) is 5.73 Å². The van der Waals surface area contributed by atoms with Gasteiger partial charge in [-0.2, -0.15) is 0 Å². The molecule has 2 N–H and O–H groups in total. The minimum atomic E-state index is -0.238. The maximum absolute atomic E-state index is 13.0. The molecular weight excluding hydrogens is 219 g/mol. The Balaban J connectivity index is 2.17. The third kappa shape index (κ3) is 2.68. The van der Waals surface area contributed by atoms with Crippen LogP contribution >= 0.6 is 0 Å². The van der Waals surface area contributed by atoms with Gasteiger partial charge in [0.25, 0.3) is 0 Å². The Bertz CT molecular complexity index is 521. The van der Waals surface area contributed by atoms with Crippen molar-refractivity contribution in [3.8, 4) is 0 Å². The highest BCUT2D eigenvalue weighted by Gasteiger charge is 2.12. The lowest BCUT2D eigenvalue weighted by atomic mass is 9.98. The molecule has 17 heavy (non-hydrogen) atoms. The van der Waals surface area contributed by atoms with E-state index < -0.39 is 0 Å². The molecule has 1 atom stereocenters. The van der Waals surface area contributed by atoms with Crippen LogP contribution in [0.5, 0.6) is 0 Å². The maximum Gasteiger partial charge on any atom is 0.123 e. The van der Waals surface area contributed by atoms with E-state index in [0.29, 0.717) is 6.42 Å². The minimum Gasteiger partial charge on any atom is -0.324 e. The first-order valence-corrected chi connectivity index (χ1v) is 5.43. The molecule has 0 spiro atoms. The van der Waals surface area contributed by atoms with Crippen LogP contribution in [0.15, 0.2) is 24.4 Å². The summed E-state index contributed by atoms with van der Waals surface area (Å²) in [5.41, 5.74) is 8.73. The molecule has 0 aliphatic heterocycles. The van der Waals surface area contributed by atoms with E-state index in [1.807, 2.05) is 20.2 Å². The van der Waals surface area contributed by atoms with Crippen molar-refractivity contribution in [2.75, 3.05) is 0 Å². The molecule has 0 bridgehead atoms. The SMILES string of the molecule is Cc1cc(F)ccc1C(N)Cc1cn(C)nn1. The third-order valence-electron chi connectivity index (χ3n) is 2.71. The molecule has 1 heterocycles. The summed E-state index contributed by atoms with van der Waals surface area (Å²) in [4.78, 5) is 0. The number of benzene rings is 1. The smallest absolute Gasteiger partial charge is 0.123 e. The van der Waals surface area contributed by atoms with E-state index in [2.05, 4.69) is 10.3 Å². The fourth-order valence-corrected chi connectivity index (χ4v) is 1.88. The van der Waals surface area contributed by atoms with Crippen molar-refractivity contribution in [2.45, 2.75) is 19.4 Å².